The Morgan fingerprint density at radius 2 is 1.75 bits per heavy atom. The van der Waals surface area contributed by atoms with Crippen molar-refractivity contribution < 1.29 is 19.1 Å². The summed E-state index contributed by atoms with van der Waals surface area (Å²) in [6.07, 6.45) is 3.40. The first-order valence-electron chi connectivity index (χ1n) is 17.4. The number of halogens is 1. The van der Waals surface area contributed by atoms with Crippen molar-refractivity contribution in [2.24, 2.45) is 4.99 Å². The third-order valence-corrected chi connectivity index (χ3v) is 9.07. The lowest BCUT2D eigenvalue weighted by molar-refractivity contribution is -0.137. The first kappa shape index (κ1) is 36.3. The molecule has 0 unspecified atom stereocenters. The van der Waals surface area contributed by atoms with Crippen LogP contribution in [-0.4, -0.2) is 96.2 Å². The second kappa shape index (κ2) is 16.3. The maximum Gasteiger partial charge on any atom is 0.326 e. The van der Waals surface area contributed by atoms with Crippen LogP contribution >= 0.6 is 0 Å². The minimum absolute atomic E-state index is 0.0140. The van der Waals surface area contributed by atoms with Crippen LogP contribution in [0.2, 0.25) is 0 Å². The molecule has 2 aliphatic rings. The number of benzene rings is 3. The lowest BCUT2D eigenvalue weighted by Crippen LogP contribution is -2.49. The summed E-state index contributed by atoms with van der Waals surface area (Å²) in [4.78, 5) is 69.0. The Labute approximate surface area is 314 Å². The first-order chi connectivity index (χ1) is 26.7. The van der Waals surface area contributed by atoms with Gasteiger partial charge in [0.2, 0.25) is 17.8 Å². The van der Waals surface area contributed by atoms with Crippen LogP contribution in [0.25, 0.3) is 4.85 Å². The van der Waals surface area contributed by atoms with Gasteiger partial charge in [-0.25, -0.2) is 19.0 Å². The number of amides is 1. The molecule has 1 amide bonds. The van der Waals surface area contributed by atoms with E-state index >= 15 is 0 Å². The molecule has 2 aliphatic heterocycles. The Bertz CT molecular complexity index is 2350. The number of carbonyl (C=O) groups is 2. The number of aromatic nitrogens is 5. The molecule has 1 atom stereocenters. The number of aliphatic carboxylic acids is 1. The highest BCUT2D eigenvalue weighted by atomic mass is 19.1. The average molecular weight is 743 g/mol. The highest BCUT2D eigenvalue weighted by molar-refractivity contribution is 5.96. The zero-order chi connectivity index (χ0) is 38.3. The van der Waals surface area contributed by atoms with Crippen molar-refractivity contribution in [1.82, 2.24) is 34.7 Å². The largest absolute Gasteiger partial charge is 0.480 e. The van der Waals surface area contributed by atoms with Crippen molar-refractivity contribution >= 4 is 52.5 Å². The molecular weight excluding hydrogens is 707 g/mol. The summed E-state index contributed by atoms with van der Waals surface area (Å²) in [5.41, 5.74) is 4.42. The summed E-state index contributed by atoms with van der Waals surface area (Å²) in [6, 6.07) is 17.8. The summed E-state index contributed by atoms with van der Waals surface area (Å²) in [6.45, 7) is 10.1. The minimum Gasteiger partial charge on any atom is -0.480 e. The van der Waals surface area contributed by atoms with Gasteiger partial charge in [-0.1, -0.05) is 42.5 Å². The molecule has 0 aliphatic carbocycles. The summed E-state index contributed by atoms with van der Waals surface area (Å²) in [5, 5.41) is 19.4. The lowest BCUT2D eigenvalue weighted by atomic mass is 10.1. The Balaban J connectivity index is 1.05. The van der Waals surface area contributed by atoms with E-state index in [1.54, 1.807) is 35.2 Å². The lowest BCUT2D eigenvalue weighted by Gasteiger charge is -2.34. The summed E-state index contributed by atoms with van der Waals surface area (Å²) >= 11 is 0. The fourth-order valence-corrected chi connectivity index (χ4v) is 6.27. The number of hydrogen-bond acceptors (Lipinski definition) is 12. The topological polar surface area (TPSA) is 198 Å². The molecule has 55 heavy (non-hydrogen) atoms. The highest BCUT2D eigenvalue weighted by Crippen LogP contribution is 2.28. The fraction of sp³-hybridized carbons (Fsp3) is 0.237. The molecule has 2 aromatic heterocycles. The molecule has 16 nitrogen and oxygen atoms in total. The Morgan fingerprint density at radius 1 is 0.964 bits per heavy atom. The number of nitrogens with zero attached hydrogens (tertiary/aromatic N) is 8. The minimum atomic E-state index is -1.12. The number of carboxylic acid groups (broad SMARTS) is 1. The number of hydrogen-bond donors (Lipinski definition) is 5. The van der Waals surface area contributed by atoms with E-state index in [1.165, 1.54) is 24.5 Å². The molecule has 0 spiro atoms. The predicted octanol–water partition coefficient (Wildman–Crippen LogP) is 4.19. The molecule has 5 N–H and O–H groups in total. The Morgan fingerprint density at radius 3 is 2.51 bits per heavy atom. The van der Waals surface area contributed by atoms with E-state index in [1.807, 2.05) is 24.3 Å². The van der Waals surface area contributed by atoms with E-state index < -0.39 is 23.5 Å². The molecular formula is C38H35FN12O4. The molecule has 1 saturated heterocycles. The maximum absolute atomic E-state index is 13.8. The van der Waals surface area contributed by atoms with Crippen LogP contribution in [0.1, 0.15) is 27.2 Å². The summed E-state index contributed by atoms with van der Waals surface area (Å²) < 4.78 is 13.8. The number of H-pyrrole nitrogens is 1. The van der Waals surface area contributed by atoms with Crippen molar-refractivity contribution in [2.45, 2.75) is 25.4 Å². The zero-order valence-electron chi connectivity index (χ0n) is 29.4. The number of aromatic amines is 1. The van der Waals surface area contributed by atoms with Crippen LogP contribution in [-0.2, 0) is 24.2 Å². The molecule has 17 heteroatoms. The molecule has 4 heterocycles. The molecule has 0 saturated carbocycles. The number of carbonyl (C=O) groups excluding carboxylic acids is 1. The van der Waals surface area contributed by atoms with Crippen molar-refractivity contribution in [3.8, 4) is 0 Å². The maximum atomic E-state index is 13.8. The van der Waals surface area contributed by atoms with Crippen molar-refractivity contribution in [3.05, 3.63) is 129 Å². The number of piperazine rings is 1. The quantitative estimate of drug-likeness (QED) is 0.108. The molecule has 1 fully saturated rings. The van der Waals surface area contributed by atoms with Gasteiger partial charge in [0.1, 0.15) is 11.9 Å². The van der Waals surface area contributed by atoms with Crippen LogP contribution in [0.15, 0.2) is 88.9 Å². The normalized spacial score (nSPS) is 14.3. The van der Waals surface area contributed by atoms with Gasteiger partial charge in [-0.15, -0.1) is 0 Å². The molecule has 278 valence electrons. The summed E-state index contributed by atoms with van der Waals surface area (Å²) in [5.74, 6) is -1.55. The average Bonchev–Trinajstić information content (AvgIpc) is 3.59. The van der Waals surface area contributed by atoms with Gasteiger partial charge in [-0.2, -0.15) is 15.0 Å². The molecule has 5 aromatic rings. The van der Waals surface area contributed by atoms with Crippen molar-refractivity contribution in [3.63, 3.8) is 0 Å². The molecule has 3 aromatic carbocycles. The second-order valence-corrected chi connectivity index (χ2v) is 13.0. The summed E-state index contributed by atoms with van der Waals surface area (Å²) in [7, 11) is 0. The highest BCUT2D eigenvalue weighted by Gasteiger charge is 2.25. The van der Waals surface area contributed by atoms with Crippen LogP contribution in [0.4, 0.5) is 39.3 Å². The fourth-order valence-electron chi connectivity index (χ4n) is 6.27. The smallest absolute Gasteiger partial charge is 0.326 e. The van der Waals surface area contributed by atoms with Gasteiger partial charge in [0.25, 0.3) is 11.5 Å². The van der Waals surface area contributed by atoms with Gasteiger partial charge < -0.3 is 30.9 Å². The number of fused-ring (bicyclic) bond motifs is 1. The van der Waals surface area contributed by atoms with Crippen molar-refractivity contribution in [1.29, 1.82) is 0 Å². The molecule has 0 bridgehead atoms. The van der Waals surface area contributed by atoms with E-state index in [9.17, 15) is 23.9 Å². The number of anilines is 4. The van der Waals surface area contributed by atoms with E-state index in [0.29, 0.717) is 61.8 Å². The van der Waals surface area contributed by atoms with Gasteiger partial charge in [-0.05, 0) is 41.0 Å². The Hall–Kier alpha value is -7.06. The van der Waals surface area contributed by atoms with Crippen LogP contribution in [0, 0.1) is 12.4 Å². The first-order valence-corrected chi connectivity index (χ1v) is 17.4. The number of nitrogens with one attached hydrogen (secondary N) is 4. The monoisotopic (exact) mass is 742 g/mol. The van der Waals surface area contributed by atoms with Gasteiger partial charge in [0, 0.05) is 69.4 Å². The van der Waals surface area contributed by atoms with Gasteiger partial charge >= 0.3 is 5.97 Å². The SMILES string of the molecule is [C-]#[N+]c1ccc(C[C@H](Nc2nc(NCC3=Nc4cc(F)ccc4C3)nc(Nc3cccc(CN4CCN(C(=O)c5ncc[nH]c5=O)CC4)c3)n2)C(=O)O)cc1. The van der Waals surface area contributed by atoms with Crippen LogP contribution in [0.3, 0.4) is 0 Å². The third kappa shape index (κ3) is 9.12. The van der Waals surface area contributed by atoms with E-state index in [-0.39, 0.29) is 42.3 Å². The Kier molecular flexibility index (Phi) is 10.8. The predicted molar refractivity (Wildman–Crippen MR) is 203 cm³/mol. The van der Waals surface area contributed by atoms with Crippen LogP contribution < -0.4 is 21.5 Å². The van der Waals surface area contributed by atoms with Crippen molar-refractivity contribution in [2.75, 3.05) is 48.7 Å². The zero-order valence-corrected chi connectivity index (χ0v) is 29.4. The van der Waals surface area contributed by atoms with Gasteiger partial charge in [-0.3, -0.25) is 19.5 Å². The number of aliphatic imine (C=N–C) groups is 1. The number of carboxylic acids is 1. The van der Waals surface area contributed by atoms with E-state index in [0.717, 1.165) is 16.8 Å². The van der Waals surface area contributed by atoms with Gasteiger partial charge in [0.05, 0.1) is 18.8 Å². The van der Waals surface area contributed by atoms with Gasteiger partial charge in [0.15, 0.2) is 11.4 Å². The van der Waals surface area contributed by atoms with E-state index in [2.05, 4.69) is 55.6 Å². The third-order valence-electron chi connectivity index (χ3n) is 9.07. The molecule has 0 radical (unpaired) electrons. The number of rotatable bonds is 13. The second-order valence-electron chi connectivity index (χ2n) is 13.0. The molecule has 7 rings (SSSR count). The van der Waals surface area contributed by atoms with E-state index in [4.69, 9.17) is 6.57 Å². The van der Waals surface area contributed by atoms with Crippen LogP contribution in [0.5, 0.6) is 0 Å². The standard InChI is InChI=1S/C38H35FN12O4/c1-40-27-9-5-23(6-10-27)18-31(35(54)55)46-38-48-36(43-21-29-19-25-7-8-26(39)20-30(25)44-29)47-37(49-38)45-28-4-2-3-24(17-28)22-50-13-15-51(16-14-50)34(53)32-33(52)42-12-11-41-32/h2-12,17,20,31H,13-16,18-19,21-22H2,(H,42,52)(H,54,55)(H3,43,45,46,47,48,49)/t31-/m0/s1.